The van der Waals surface area contributed by atoms with Crippen LogP contribution in [0.25, 0.3) is 0 Å². The Hall–Kier alpha value is -1.27. The second kappa shape index (κ2) is 3.71. The molecule has 0 aliphatic carbocycles. The second-order valence-electron chi connectivity index (χ2n) is 3.79. The van der Waals surface area contributed by atoms with Crippen molar-refractivity contribution < 1.29 is 0 Å². The van der Waals surface area contributed by atoms with Gasteiger partial charge in [0.25, 0.3) is 0 Å². The molecule has 15 heavy (non-hydrogen) atoms. The van der Waals surface area contributed by atoms with E-state index in [9.17, 15) is 0 Å². The van der Waals surface area contributed by atoms with Gasteiger partial charge in [-0.25, -0.2) is 4.98 Å². The first kappa shape index (κ1) is 10.3. The van der Waals surface area contributed by atoms with Crippen LogP contribution in [0.1, 0.15) is 23.2 Å². The number of nitrogens with zero attached hydrogens (tertiary/aromatic N) is 3. The molecule has 0 bridgehead atoms. The van der Waals surface area contributed by atoms with E-state index in [1.807, 2.05) is 13.8 Å². The summed E-state index contributed by atoms with van der Waals surface area (Å²) in [7, 11) is 0. The van der Waals surface area contributed by atoms with Gasteiger partial charge in [0.1, 0.15) is 11.9 Å². The van der Waals surface area contributed by atoms with Gasteiger partial charge in [0.2, 0.25) is 0 Å². The van der Waals surface area contributed by atoms with E-state index < -0.39 is 0 Å². The minimum absolute atomic E-state index is 0.607. The van der Waals surface area contributed by atoms with Crippen LogP contribution < -0.4 is 4.90 Å². The molecule has 0 saturated carbocycles. The van der Waals surface area contributed by atoms with Crippen LogP contribution in [0.4, 0.5) is 5.82 Å². The Morgan fingerprint density at radius 1 is 1.40 bits per heavy atom. The van der Waals surface area contributed by atoms with Gasteiger partial charge in [0.15, 0.2) is 0 Å². The number of aromatic nitrogens is 1. The highest BCUT2D eigenvalue weighted by Crippen LogP contribution is 2.30. The lowest BCUT2D eigenvalue weighted by Crippen LogP contribution is -2.38. The Morgan fingerprint density at radius 3 is 2.53 bits per heavy atom. The van der Waals surface area contributed by atoms with Crippen molar-refractivity contribution in [1.29, 1.82) is 5.26 Å². The van der Waals surface area contributed by atoms with Crippen LogP contribution in [0.15, 0.2) is 0 Å². The van der Waals surface area contributed by atoms with Gasteiger partial charge >= 0.3 is 0 Å². The summed E-state index contributed by atoms with van der Waals surface area (Å²) in [5, 5.41) is 9.72. The Labute approximate surface area is 94.3 Å². The first-order valence-electron chi connectivity index (χ1n) is 4.97. The maximum atomic E-state index is 9.11. The van der Waals surface area contributed by atoms with E-state index in [2.05, 4.69) is 16.0 Å². The molecule has 78 valence electrons. The molecular formula is C11H12ClN3. The fourth-order valence-corrected chi connectivity index (χ4v) is 1.84. The average Bonchev–Trinajstić information content (AvgIpc) is 2.12. The molecule has 0 unspecified atom stereocenters. The molecule has 0 radical (unpaired) electrons. The number of hydrogen-bond donors (Lipinski definition) is 0. The second-order valence-corrected chi connectivity index (χ2v) is 4.17. The molecule has 1 saturated heterocycles. The van der Waals surface area contributed by atoms with Gasteiger partial charge < -0.3 is 4.90 Å². The highest BCUT2D eigenvalue weighted by Gasteiger charge is 2.22. The molecule has 1 aliphatic heterocycles. The number of aryl methyl sites for hydroxylation is 1. The molecule has 4 heteroatoms. The normalized spacial score (nSPS) is 14.7. The van der Waals surface area contributed by atoms with Gasteiger partial charge in [0, 0.05) is 13.1 Å². The molecule has 2 heterocycles. The minimum Gasteiger partial charge on any atom is -0.355 e. The SMILES string of the molecule is Cc1nc(N2CCC2)c(C#N)c(C)c1Cl. The van der Waals surface area contributed by atoms with E-state index in [4.69, 9.17) is 16.9 Å². The van der Waals surface area contributed by atoms with Gasteiger partial charge in [-0.15, -0.1) is 0 Å². The van der Waals surface area contributed by atoms with Crippen molar-refractivity contribution in [2.45, 2.75) is 20.3 Å². The summed E-state index contributed by atoms with van der Waals surface area (Å²) in [4.78, 5) is 6.52. The molecule has 3 nitrogen and oxygen atoms in total. The zero-order chi connectivity index (χ0) is 11.0. The summed E-state index contributed by atoms with van der Waals surface area (Å²) >= 11 is 6.07. The van der Waals surface area contributed by atoms with Crippen LogP contribution in [0.2, 0.25) is 5.02 Å². The largest absolute Gasteiger partial charge is 0.355 e. The van der Waals surface area contributed by atoms with Gasteiger partial charge in [0.05, 0.1) is 16.3 Å². The molecule has 0 N–H and O–H groups in total. The van der Waals surface area contributed by atoms with Crippen molar-refractivity contribution in [3.05, 3.63) is 21.8 Å². The fourth-order valence-electron chi connectivity index (χ4n) is 1.70. The molecule has 0 spiro atoms. The van der Waals surface area contributed by atoms with Gasteiger partial charge in [-0.3, -0.25) is 0 Å². The van der Waals surface area contributed by atoms with Crippen LogP contribution in [0.5, 0.6) is 0 Å². The predicted octanol–water partition coefficient (Wildman–Crippen LogP) is 2.43. The zero-order valence-corrected chi connectivity index (χ0v) is 9.60. The molecule has 0 aromatic carbocycles. The summed E-state index contributed by atoms with van der Waals surface area (Å²) < 4.78 is 0. The fraction of sp³-hybridized carbons (Fsp3) is 0.455. The third-order valence-corrected chi connectivity index (χ3v) is 3.34. The van der Waals surface area contributed by atoms with Gasteiger partial charge in [-0.05, 0) is 25.8 Å². The molecule has 0 atom stereocenters. The van der Waals surface area contributed by atoms with Crippen molar-refractivity contribution in [3.8, 4) is 6.07 Å². The number of anilines is 1. The summed E-state index contributed by atoms with van der Waals surface area (Å²) in [5.74, 6) is 0.795. The van der Waals surface area contributed by atoms with Gasteiger partial charge in [-0.1, -0.05) is 11.6 Å². The minimum atomic E-state index is 0.607. The van der Waals surface area contributed by atoms with Crippen LogP contribution in [-0.2, 0) is 0 Å². The van der Waals surface area contributed by atoms with E-state index in [-0.39, 0.29) is 0 Å². The van der Waals surface area contributed by atoms with Crippen molar-refractivity contribution in [2.75, 3.05) is 18.0 Å². The van der Waals surface area contributed by atoms with Crippen LogP contribution >= 0.6 is 11.6 Å². The van der Waals surface area contributed by atoms with E-state index in [1.165, 1.54) is 6.42 Å². The molecule has 2 rings (SSSR count). The zero-order valence-electron chi connectivity index (χ0n) is 8.84. The third-order valence-electron chi connectivity index (χ3n) is 2.79. The molecule has 1 aliphatic rings. The van der Waals surface area contributed by atoms with E-state index in [0.29, 0.717) is 10.6 Å². The summed E-state index contributed by atoms with van der Waals surface area (Å²) in [6.45, 7) is 5.73. The van der Waals surface area contributed by atoms with Crippen molar-refractivity contribution in [2.24, 2.45) is 0 Å². The molecular weight excluding hydrogens is 210 g/mol. The molecule has 0 amide bonds. The Morgan fingerprint density at radius 2 is 2.07 bits per heavy atom. The van der Waals surface area contributed by atoms with Crippen LogP contribution in [0.3, 0.4) is 0 Å². The van der Waals surface area contributed by atoms with Crippen LogP contribution in [-0.4, -0.2) is 18.1 Å². The van der Waals surface area contributed by atoms with Crippen molar-refractivity contribution in [3.63, 3.8) is 0 Å². The maximum Gasteiger partial charge on any atom is 0.147 e. The number of hydrogen-bond acceptors (Lipinski definition) is 3. The first-order chi connectivity index (χ1) is 7.15. The summed E-state index contributed by atoms with van der Waals surface area (Å²) in [6.07, 6.45) is 1.17. The highest BCUT2D eigenvalue weighted by atomic mass is 35.5. The maximum absolute atomic E-state index is 9.11. The molecule has 1 aromatic rings. The molecule has 1 aromatic heterocycles. The highest BCUT2D eigenvalue weighted by molar-refractivity contribution is 6.32. The van der Waals surface area contributed by atoms with Crippen LogP contribution in [0, 0.1) is 25.2 Å². The quantitative estimate of drug-likeness (QED) is 0.731. The molecule has 1 fully saturated rings. The average molecular weight is 222 g/mol. The van der Waals surface area contributed by atoms with E-state index >= 15 is 0 Å². The van der Waals surface area contributed by atoms with Crippen molar-refractivity contribution >= 4 is 17.4 Å². The lowest BCUT2D eigenvalue weighted by atomic mass is 10.1. The Balaban J connectivity index is 2.58. The van der Waals surface area contributed by atoms with E-state index in [0.717, 1.165) is 30.2 Å². The lowest BCUT2D eigenvalue weighted by Gasteiger charge is -2.33. The Bertz CT molecular complexity index is 444. The number of nitriles is 1. The first-order valence-corrected chi connectivity index (χ1v) is 5.34. The topological polar surface area (TPSA) is 39.9 Å². The Kier molecular flexibility index (Phi) is 2.54. The monoisotopic (exact) mass is 221 g/mol. The van der Waals surface area contributed by atoms with Crippen molar-refractivity contribution in [1.82, 2.24) is 4.98 Å². The lowest BCUT2D eigenvalue weighted by molar-refractivity contribution is 0.608. The van der Waals surface area contributed by atoms with Gasteiger partial charge in [-0.2, -0.15) is 5.26 Å². The smallest absolute Gasteiger partial charge is 0.147 e. The number of halogens is 1. The standard InChI is InChI=1S/C11H12ClN3/c1-7-9(6-13)11(15-4-3-5-15)14-8(2)10(7)12/h3-5H2,1-2H3. The number of pyridine rings is 1. The summed E-state index contributed by atoms with van der Waals surface area (Å²) in [5.41, 5.74) is 2.26. The third kappa shape index (κ3) is 1.55. The predicted molar refractivity (Wildman–Crippen MR) is 60.3 cm³/mol. The van der Waals surface area contributed by atoms with E-state index in [1.54, 1.807) is 0 Å². The number of rotatable bonds is 1. The summed E-state index contributed by atoms with van der Waals surface area (Å²) in [6, 6.07) is 2.19.